The average molecular weight is 253 g/mol. The first-order valence-electron chi connectivity index (χ1n) is 6.62. The number of rotatable bonds is 7. The van der Waals surface area contributed by atoms with Gasteiger partial charge in [0.25, 0.3) is 0 Å². The minimum Gasteiger partial charge on any atom is -0.379 e. The van der Waals surface area contributed by atoms with Gasteiger partial charge >= 0.3 is 0 Å². The van der Waals surface area contributed by atoms with Gasteiger partial charge in [0.1, 0.15) is 0 Å². The van der Waals surface area contributed by atoms with Crippen molar-refractivity contribution in [2.45, 2.75) is 59.2 Å². The second-order valence-electron chi connectivity index (χ2n) is 5.63. The monoisotopic (exact) mass is 253 g/mol. The van der Waals surface area contributed by atoms with E-state index in [9.17, 15) is 0 Å². The number of hydrogen-bond donors (Lipinski definition) is 1. The lowest BCUT2D eigenvalue weighted by Gasteiger charge is -2.27. The fraction of sp³-hybridized carbons (Fsp3) is 0.786. The molecule has 0 saturated carbocycles. The van der Waals surface area contributed by atoms with E-state index in [-0.39, 0.29) is 5.60 Å². The molecule has 1 aromatic rings. The molecule has 0 radical (unpaired) electrons. The first kappa shape index (κ1) is 15.2. The minimum atomic E-state index is -0.0616. The van der Waals surface area contributed by atoms with E-state index in [2.05, 4.69) is 42.6 Å². The molecule has 0 saturated heterocycles. The maximum atomic E-state index is 5.44. The van der Waals surface area contributed by atoms with Crippen LogP contribution in [0.3, 0.4) is 0 Å². The minimum absolute atomic E-state index is 0.0616. The van der Waals surface area contributed by atoms with Gasteiger partial charge in [0, 0.05) is 31.9 Å². The molecule has 0 spiro atoms. The standard InChI is InChI=1S/C14H27N3O/c1-11(9-14(4,5)18-6)15-7-8-17-10-16-12(2)13(17)3/h10-11,15H,7-9H2,1-6H3. The Kier molecular flexibility index (Phi) is 5.35. The Morgan fingerprint density at radius 3 is 2.61 bits per heavy atom. The molecule has 1 atom stereocenters. The maximum Gasteiger partial charge on any atom is 0.0951 e. The Hall–Kier alpha value is -0.870. The van der Waals surface area contributed by atoms with Crippen molar-refractivity contribution in [3.63, 3.8) is 0 Å². The molecule has 104 valence electrons. The van der Waals surface area contributed by atoms with E-state index >= 15 is 0 Å². The quantitative estimate of drug-likeness (QED) is 0.810. The van der Waals surface area contributed by atoms with Crippen molar-refractivity contribution in [2.75, 3.05) is 13.7 Å². The second-order valence-corrected chi connectivity index (χ2v) is 5.63. The summed E-state index contributed by atoms with van der Waals surface area (Å²) in [6, 6.07) is 0.449. The molecule has 18 heavy (non-hydrogen) atoms. The Morgan fingerprint density at radius 2 is 2.11 bits per heavy atom. The Morgan fingerprint density at radius 1 is 1.44 bits per heavy atom. The van der Waals surface area contributed by atoms with Gasteiger partial charge in [0.05, 0.1) is 17.6 Å². The lowest BCUT2D eigenvalue weighted by atomic mass is 10.00. The van der Waals surface area contributed by atoms with Gasteiger partial charge in [0.15, 0.2) is 0 Å². The molecule has 0 aliphatic rings. The van der Waals surface area contributed by atoms with Crippen LogP contribution >= 0.6 is 0 Å². The van der Waals surface area contributed by atoms with E-state index in [4.69, 9.17) is 4.74 Å². The summed E-state index contributed by atoms with van der Waals surface area (Å²) in [5.41, 5.74) is 2.30. The van der Waals surface area contributed by atoms with E-state index < -0.39 is 0 Å². The van der Waals surface area contributed by atoms with Crippen LogP contribution in [0.2, 0.25) is 0 Å². The Labute approximate surface area is 111 Å². The summed E-state index contributed by atoms with van der Waals surface area (Å²) in [5, 5.41) is 3.53. The molecule has 0 aromatic carbocycles. The molecule has 4 nitrogen and oxygen atoms in total. The summed E-state index contributed by atoms with van der Waals surface area (Å²) in [6.45, 7) is 12.5. The zero-order valence-corrected chi connectivity index (χ0v) is 12.6. The summed E-state index contributed by atoms with van der Waals surface area (Å²) >= 11 is 0. The molecule has 1 N–H and O–H groups in total. The third kappa shape index (κ3) is 4.42. The summed E-state index contributed by atoms with van der Waals surface area (Å²) in [7, 11) is 1.77. The van der Waals surface area contributed by atoms with Crippen molar-refractivity contribution in [1.29, 1.82) is 0 Å². The van der Waals surface area contributed by atoms with E-state index in [0.717, 1.165) is 25.2 Å². The van der Waals surface area contributed by atoms with Gasteiger partial charge in [-0.1, -0.05) is 0 Å². The molecule has 4 heteroatoms. The van der Waals surface area contributed by atoms with Gasteiger partial charge in [-0.2, -0.15) is 0 Å². The number of ether oxygens (including phenoxy) is 1. The number of methoxy groups -OCH3 is 1. The lowest BCUT2D eigenvalue weighted by molar-refractivity contribution is 0.00856. The molecule has 1 aromatic heterocycles. The Bertz CT molecular complexity index is 371. The van der Waals surface area contributed by atoms with E-state index in [1.165, 1.54) is 5.69 Å². The number of nitrogens with one attached hydrogen (secondary N) is 1. The molecule has 0 bridgehead atoms. The smallest absolute Gasteiger partial charge is 0.0951 e. The van der Waals surface area contributed by atoms with Crippen molar-refractivity contribution in [3.05, 3.63) is 17.7 Å². The number of aromatic nitrogens is 2. The predicted octanol–water partition coefficient (Wildman–Crippen LogP) is 2.29. The summed E-state index contributed by atoms with van der Waals surface area (Å²) in [5.74, 6) is 0. The zero-order chi connectivity index (χ0) is 13.8. The highest BCUT2D eigenvalue weighted by atomic mass is 16.5. The van der Waals surface area contributed by atoms with Crippen molar-refractivity contribution >= 4 is 0 Å². The predicted molar refractivity (Wildman–Crippen MR) is 74.9 cm³/mol. The molecule has 1 unspecified atom stereocenters. The highest BCUT2D eigenvalue weighted by Crippen LogP contribution is 2.15. The van der Waals surface area contributed by atoms with Crippen LogP contribution in [0.25, 0.3) is 0 Å². The number of aryl methyl sites for hydroxylation is 1. The topological polar surface area (TPSA) is 39.1 Å². The molecule has 1 rings (SSSR count). The van der Waals surface area contributed by atoms with Crippen LogP contribution in [0.4, 0.5) is 0 Å². The summed E-state index contributed by atoms with van der Waals surface area (Å²) in [4.78, 5) is 4.30. The third-order valence-electron chi connectivity index (χ3n) is 3.54. The third-order valence-corrected chi connectivity index (χ3v) is 3.54. The zero-order valence-electron chi connectivity index (χ0n) is 12.6. The fourth-order valence-corrected chi connectivity index (χ4v) is 2.09. The Balaban J connectivity index is 2.32. The van der Waals surface area contributed by atoms with Crippen LogP contribution < -0.4 is 5.32 Å². The van der Waals surface area contributed by atoms with Crippen LogP contribution in [-0.2, 0) is 11.3 Å². The van der Waals surface area contributed by atoms with Crippen LogP contribution in [-0.4, -0.2) is 34.8 Å². The molecule has 1 heterocycles. The van der Waals surface area contributed by atoms with Crippen LogP contribution in [0, 0.1) is 13.8 Å². The largest absolute Gasteiger partial charge is 0.379 e. The van der Waals surface area contributed by atoms with Crippen LogP contribution in [0.1, 0.15) is 38.6 Å². The van der Waals surface area contributed by atoms with Gasteiger partial charge in [-0.05, 0) is 41.0 Å². The fourth-order valence-electron chi connectivity index (χ4n) is 2.09. The highest BCUT2D eigenvalue weighted by Gasteiger charge is 2.19. The molecule has 0 aliphatic carbocycles. The van der Waals surface area contributed by atoms with E-state index in [1.807, 2.05) is 13.3 Å². The first-order chi connectivity index (χ1) is 8.35. The van der Waals surface area contributed by atoms with Gasteiger partial charge < -0.3 is 14.6 Å². The van der Waals surface area contributed by atoms with Gasteiger partial charge in [0.2, 0.25) is 0 Å². The lowest BCUT2D eigenvalue weighted by Crippen LogP contribution is -2.37. The molecule has 0 amide bonds. The van der Waals surface area contributed by atoms with Gasteiger partial charge in [-0.3, -0.25) is 0 Å². The number of imidazole rings is 1. The second kappa shape index (κ2) is 6.34. The van der Waals surface area contributed by atoms with Crippen molar-refractivity contribution in [1.82, 2.24) is 14.9 Å². The molecule has 0 fully saturated rings. The SMILES string of the molecule is COC(C)(C)CC(C)NCCn1cnc(C)c1C. The highest BCUT2D eigenvalue weighted by molar-refractivity contribution is 5.08. The average Bonchev–Trinajstić information content (AvgIpc) is 2.60. The van der Waals surface area contributed by atoms with Crippen molar-refractivity contribution in [2.24, 2.45) is 0 Å². The van der Waals surface area contributed by atoms with Crippen LogP contribution in [0.15, 0.2) is 6.33 Å². The summed E-state index contributed by atoms with van der Waals surface area (Å²) in [6.07, 6.45) is 2.92. The maximum absolute atomic E-state index is 5.44. The van der Waals surface area contributed by atoms with E-state index in [0.29, 0.717) is 6.04 Å². The molecular formula is C14H27N3O. The molecule has 0 aliphatic heterocycles. The normalized spacial score (nSPS) is 13.9. The van der Waals surface area contributed by atoms with Gasteiger partial charge in [-0.15, -0.1) is 0 Å². The number of hydrogen-bond acceptors (Lipinski definition) is 3. The van der Waals surface area contributed by atoms with E-state index in [1.54, 1.807) is 7.11 Å². The number of nitrogens with zero attached hydrogens (tertiary/aromatic N) is 2. The summed E-state index contributed by atoms with van der Waals surface area (Å²) < 4.78 is 7.63. The first-order valence-corrected chi connectivity index (χ1v) is 6.62. The van der Waals surface area contributed by atoms with Crippen molar-refractivity contribution < 1.29 is 4.74 Å². The van der Waals surface area contributed by atoms with Gasteiger partial charge in [-0.25, -0.2) is 4.98 Å². The van der Waals surface area contributed by atoms with Crippen LogP contribution in [0.5, 0.6) is 0 Å². The molecular weight excluding hydrogens is 226 g/mol. The van der Waals surface area contributed by atoms with Crippen molar-refractivity contribution in [3.8, 4) is 0 Å².